The van der Waals surface area contributed by atoms with E-state index in [2.05, 4.69) is 64.2 Å². The van der Waals surface area contributed by atoms with Crippen LogP contribution in [-0.4, -0.2) is 11.5 Å². The van der Waals surface area contributed by atoms with Crippen molar-refractivity contribution in [1.82, 2.24) is 4.98 Å². The molecular weight excluding hydrogens is 220 g/mol. The lowest BCUT2D eigenvalue weighted by molar-refractivity contribution is 0.590. The molecule has 96 valence electrons. The number of nitrogens with zero attached hydrogens (tertiary/aromatic N) is 1. The van der Waals surface area contributed by atoms with Crippen LogP contribution in [0.2, 0.25) is 0 Å². The van der Waals surface area contributed by atoms with Crippen molar-refractivity contribution in [1.29, 1.82) is 0 Å². The summed E-state index contributed by atoms with van der Waals surface area (Å²) in [5.74, 6) is 1.02. The van der Waals surface area contributed by atoms with Gasteiger partial charge in [-0.05, 0) is 30.9 Å². The standard InChI is InChI=1S/C16H22N2/c1-6-17-15-13(16(3,4)5)10-12-9-7-8-11(2)14(12)18-15/h7-10H,6H2,1-5H3,(H,17,18). The average Bonchev–Trinajstić information content (AvgIpc) is 2.28. The molecule has 18 heavy (non-hydrogen) atoms. The van der Waals surface area contributed by atoms with Gasteiger partial charge < -0.3 is 5.32 Å². The van der Waals surface area contributed by atoms with Gasteiger partial charge in [0.15, 0.2) is 0 Å². The predicted molar refractivity (Wildman–Crippen MR) is 79.3 cm³/mol. The molecule has 0 bridgehead atoms. The highest BCUT2D eigenvalue weighted by molar-refractivity contribution is 5.84. The van der Waals surface area contributed by atoms with Crippen LogP contribution in [0.1, 0.15) is 38.8 Å². The van der Waals surface area contributed by atoms with Crippen molar-refractivity contribution < 1.29 is 0 Å². The minimum absolute atomic E-state index is 0.0996. The molecule has 0 unspecified atom stereocenters. The fraction of sp³-hybridized carbons (Fsp3) is 0.438. The molecule has 1 aromatic heterocycles. The molecule has 0 aliphatic carbocycles. The van der Waals surface area contributed by atoms with Crippen molar-refractivity contribution in [2.24, 2.45) is 0 Å². The van der Waals surface area contributed by atoms with E-state index in [4.69, 9.17) is 4.98 Å². The summed E-state index contributed by atoms with van der Waals surface area (Å²) in [7, 11) is 0. The van der Waals surface area contributed by atoms with Gasteiger partial charge in [-0.1, -0.05) is 39.0 Å². The zero-order valence-corrected chi connectivity index (χ0v) is 12.0. The van der Waals surface area contributed by atoms with Crippen LogP contribution in [0.5, 0.6) is 0 Å². The summed E-state index contributed by atoms with van der Waals surface area (Å²) in [6.45, 7) is 11.8. The molecule has 1 heterocycles. The highest BCUT2D eigenvalue weighted by Gasteiger charge is 2.20. The number of nitrogens with one attached hydrogen (secondary N) is 1. The molecule has 2 aromatic rings. The molecular formula is C16H22N2. The SMILES string of the molecule is CCNc1nc2c(C)cccc2cc1C(C)(C)C. The maximum absolute atomic E-state index is 4.82. The first-order valence-electron chi connectivity index (χ1n) is 6.58. The first-order chi connectivity index (χ1) is 8.43. The number of aromatic nitrogens is 1. The lowest BCUT2D eigenvalue weighted by atomic mass is 9.86. The highest BCUT2D eigenvalue weighted by atomic mass is 15.0. The minimum Gasteiger partial charge on any atom is -0.370 e. The Morgan fingerprint density at radius 1 is 1.22 bits per heavy atom. The maximum atomic E-state index is 4.82. The first-order valence-corrected chi connectivity index (χ1v) is 6.58. The van der Waals surface area contributed by atoms with Gasteiger partial charge in [0.2, 0.25) is 0 Å². The number of hydrogen-bond donors (Lipinski definition) is 1. The van der Waals surface area contributed by atoms with E-state index >= 15 is 0 Å². The number of pyridine rings is 1. The first kappa shape index (κ1) is 12.9. The van der Waals surface area contributed by atoms with Crippen LogP contribution in [0.25, 0.3) is 10.9 Å². The Kier molecular flexibility index (Phi) is 3.29. The zero-order chi connectivity index (χ0) is 13.3. The number of aryl methyl sites for hydroxylation is 1. The summed E-state index contributed by atoms with van der Waals surface area (Å²) in [6, 6.07) is 8.62. The van der Waals surface area contributed by atoms with Gasteiger partial charge in [-0.25, -0.2) is 4.98 Å². The van der Waals surface area contributed by atoms with Gasteiger partial charge in [-0.2, -0.15) is 0 Å². The number of benzene rings is 1. The Morgan fingerprint density at radius 2 is 1.94 bits per heavy atom. The molecule has 0 amide bonds. The third kappa shape index (κ3) is 2.33. The second-order valence-electron chi connectivity index (χ2n) is 5.81. The third-order valence-corrected chi connectivity index (χ3v) is 3.20. The molecule has 0 saturated heterocycles. The molecule has 0 saturated carbocycles. The number of hydrogen-bond acceptors (Lipinski definition) is 2. The average molecular weight is 242 g/mol. The van der Waals surface area contributed by atoms with Crippen molar-refractivity contribution in [3.05, 3.63) is 35.4 Å². The predicted octanol–water partition coefficient (Wildman–Crippen LogP) is 4.27. The zero-order valence-electron chi connectivity index (χ0n) is 12.0. The van der Waals surface area contributed by atoms with Crippen molar-refractivity contribution in [3.63, 3.8) is 0 Å². The lowest BCUT2D eigenvalue weighted by Crippen LogP contribution is -2.16. The number of fused-ring (bicyclic) bond motifs is 1. The minimum atomic E-state index is 0.0996. The van der Waals surface area contributed by atoms with Crippen molar-refractivity contribution in [3.8, 4) is 0 Å². The molecule has 0 aliphatic heterocycles. The van der Waals surface area contributed by atoms with E-state index < -0.39 is 0 Å². The van der Waals surface area contributed by atoms with Crippen molar-refractivity contribution >= 4 is 16.7 Å². The van der Waals surface area contributed by atoms with Gasteiger partial charge in [0.05, 0.1) is 5.52 Å². The summed E-state index contributed by atoms with van der Waals surface area (Å²) < 4.78 is 0. The summed E-state index contributed by atoms with van der Waals surface area (Å²) in [5.41, 5.74) is 3.71. The summed E-state index contributed by atoms with van der Waals surface area (Å²) >= 11 is 0. The maximum Gasteiger partial charge on any atom is 0.130 e. The second-order valence-corrected chi connectivity index (χ2v) is 5.81. The molecule has 0 radical (unpaired) electrons. The normalized spacial score (nSPS) is 11.8. The van der Waals surface area contributed by atoms with E-state index in [0.29, 0.717) is 0 Å². The van der Waals surface area contributed by atoms with Gasteiger partial charge in [-0.3, -0.25) is 0 Å². The van der Waals surface area contributed by atoms with E-state index in [1.165, 1.54) is 16.5 Å². The molecule has 2 heteroatoms. The summed E-state index contributed by atoms with van der Waals surface area (Å²) in [5, 5.41) is 4.61. The molecule has 1 N–H and O–H groups in total. The van der Waals surface area contributed by atoms with E-state index in [0.717, 1.165) is 17.9 Å². The van der Waals surface area contributed by atoms with Crippen LogP contribution in [0.15, 0.2) is 24.3 Å². The third-order valence-electron chi connectivity index (χ3n) is 3.20. The van der Waals surface area contributed by atoms with Crippen molar-refractivity contribution in [2.75, 3.05) is 11.9 Å². The van der Waals surface area contributed by atoms with E-state index in [-0.39, 0.29) is 5.41 Å². The largest absolute Gasteiger partial charge is 0.370 e. The molecule has 1 aromatic carbocycles. The van der Waals surface area contributed by atoms with Gasteiger partial charge in [0.1, 0.15) is 5.82 Å². The van der Waals surface area contributed by atoms with Crippen LogP contribution < -0.4 is 5.32 Å². The molecule has 2 nitrogen and oxygen atoms in total. The lowest BCUT2D eigenvalue weighted by Gasteiger charge is -2.23. The Hall–Kier alpha value is -1.57. The smallest absolute Gasteiger partial charge is 0.130 e. The van der Waals surface area contributed by atoms with Crippen molar-refractivity contribution in [2.45, 2.75) is 40.0 Å². The Bertz CT molecular complexity index is 565. The van der Waals surface area contributed by atoms with Crippen LogP contribution in [-0.2, 0) is 5.41 Å². The van der Waals surface area contributed by atoms with Crippen LogP contribution in [0.3, 0.4) is 0 Å². The Morgan fingerprint density at radius 3 is 2.56 bits per heavy atom. The Balaban J connectivity index is 2.73. The van der Waals surface area contributed by atoms with E-state index in [1.807, 2.05) is 0 Å². The Labute approximate surface area is 109 Å². The summed E-state index contributed by atoms with van der Waals surface area (Å²) in [4.78, 5) is 4.82. The number of anilines is 1. The fourth-order valence-corrected chi connectivity index (χ4v) is 2.22. The molecule has 0 atom stereocenters. The monoisotopic (exact) mass is 242 g/mol. The van der Waals surface area contributed by atoms with Crippen LogP contribution in [0, 0.1) is 6.92 Å². The van der Waals surface area contributed by atoms with Gasteiger partial charge >= 0.3 is 0 Å². The highest BCUT2D eigenvalue weighted by Crippen LogP contribution is 2.31. The van der Waals surface area contributed by atoms with Crippen LogP contribution in [0.4, 0.5) is 5.82 Å². The number of para-hydroxylation sites is 1. The molecule has 0 fully saturated rings. The summed E-state index contributed by atoms with van der Waals surface area (Å²) in [6.07, 6.45) is 0. The molecule has 0 spiro atoms. The number of rotatable bonds is 2. The topological polar surface area (TPSA) is 24.9 Å². The van der Waals surface area contributed by atoms with Crippen LogP contribution >= 0.6 is 0 Å². The van der Waals surface area contributed by atoms with Gasteiger partial charge in [-0.15, -0.1) is 0 Å². The second kappa shape index (κ2) is 4.60. The van der Waals surface area contributed by atoms with E-state index in [9.17, 15) is 0 Å². The molecule has 0 aliphatic rings. The van der Waals surface area contributed by atoms with E-state index in [1.54, 1.807) is 0 Å². The van der Waals surface area contributed by atoms with Gasteiger partial charge in [0.25, 0.3) is 0 Å². The fourth-order valence-electron chi connectivity index (χ4n) is 2.22. The molecule has 2 rings (SSSR count). The van der Waals surface area contributed by atoms with Gasteiger partial charge in [0, 0.05) is 17.5 Å². The quantitative estimate of drug-likeness (QED) is 0.850.